The van der Waals surface area contributed by atoms with Crippen LogP contribution in [-0.2, 0) is 26.2 Å². The Bertz CT molecular complexity index is 1230. The molecule has 0 spiro atoms. The number of carbonyl (C=O) groups is 2. The third kappa shape index (κ3) is 7.77. The van der Waals surface area contributed by atoms with Crippen molar-refractivity contribution >= 4 is 50.7 Å². The van der Waals surface area contributed by atoms with Crippen LogP contribution in [-0.4, -0.2) is 57.1 Å². The first kappa shape index (κ1) is 30.1. The summed E-state index contributed by atoms with van der Waals surface area (Å²) in [5, 5.41) is 3.30. The fraction of sp³-hybridized carbons (Fsp3) is 0.481. The van der Waals surface area contributed by atoms with Crippen molar-refractivity contribution in [2.24, 2.45) is 0 Å². The largest absolute Gasteiger partial charge is 0.497 e. The summed E-state index contributed by atoms with van der Waals surface area (Å²) in [7, 11) is -2.37. The summed E-state index contributed by atoms with van der Waals surface area (Å²) < 4.78 is 31.8. The van der Waals surface area contributed by atoms with Crippen molar-refractivity contribution in [1.82, 2.24) is 10.2 Å². The molecule has 0 unspecified atom stereocenters. The first-order valence-corrected chi connectivity index (χ1v) is 15.3. The highest BCUT2D eigenvalue weighted by Crippen LogP contribution is 2.34. The molecule has 208 valence electrons. The summed E-state index contributed by atoms with van der Waals surface area (Å²) in [6, 6.07) is 11.1. The molecule has 2 aromatic rings. The topological polar surface area (TPSA) is 96.0 Å². The van der Waals surface area contributed by atoms with Gasteiger partial charge in [0.05, 0.1) is 29.1 Å². The maximum Gasteiger partial charge on any atom is 0.244 e. The van der Waals surface area contributed by atoms with Crippen LogP contribution in [0.2, 0.25) is 10.0 Å². The number of carbonyl (C=O) groups excluding carboxylic acids is 2. The number of hydrogen-bond donors (Lipinski definition) is 1. The molecule has 1 aliphatic rings. The number of nitrogens with zero attached hydrogens (tertiary/aromatic N) is 2. The van der Waals surface area contributed by atoms with E-state index in [1.165, 1.54) is 17.0 Å². The molecule has 38 heavy (non-hydrogen) atoms. The van der Waals surface area contributed by atoms with Gasteiger partial charge in [-0.25, -0.2) is 8.42 Å². The Balaban J connectivity index is 1.96. The molecule has 1 saturated carbocycles. The second-order valence-electron chi connectivity index (χ2n) is 9.48. The zero-order valence-electron chi connectivity index (χ0n) is 22.0. The zero-order valence-corrected chi connectivity index (χ0v) is 24.3. The van der Waals surface area contributed by atoms with Gasteiger partial charge in [-0.2, -0.15) is 0 Å². The molecule has 11 heteroatoms. The number of hydrogen-bond acceptors (Lipinski definition) is 5. The number of nitrogens with one attached hydrogen (secondary N) is 1. The average Bonchev–Trinajstić information content (AvgIpc) is 2.89. The van der Waals surface area contributed by atoms with E-state index in [-0.39, 0.29) is 34.2 Å². The van der Waals surface area contributed by atoms with Gasteiger partial charge in [-0.05, 0) is 49.1 Å². The molecule has 1 atom stereocenters. The standard InChI is InChI=1S/C27H35Cl2N3O5S/c1-4-23(27(34)30-20-11-6-5-7-12-20)31(17-19-10-8-13-21(16-19)37-2)25(33)18-32(38(3,35)36)24-15-9-14-22(28)26(24)29/h8-10,13-16,20,23H,4-7,11-12,17-18H2,1-3H3,(H,30,34)/t23-/m1/s1. The quantitative estimate of drug-likeness (QED) is 0.400. The van der Waals surface area contributed by atoms with E-state index in [0.717, 1.165) is 48.2 Å². The highest BCUT2D eigenvalue weighted by molar-refractivity contribution is 7.92. The Labute approximate surface area is 235 Å². The van der Waals surface area contributed by atoms with E-state index in [2.05, 4.69) is 5.32 Å². The Morgan fingerprint density at radius 2 is 1.79 bits per heavy atom. The summed E-state index contributed by atoms with van der Waals surface area (Å²) in [6.07, 6.45) is 6.41. The molecule has 3 rings (SSSR count). The summed E-state index contributed by atoms with van der Waals surface area (Å²) in [4.78, 5) is 28.7. The fourth-order valence-electron chi connectivity index (χ4n) is 4.71. The van der Waals surface area contributed by atoms with Crippen LogP contribution in [0.25, 0.3) is 0 Å². The van der Waals surface area contributed by atoms with Crippen LogP contribution in [0.5, 0.6) is 5.75 Å². The van der Waals surface area contributed by atoms with Crippen LogP contribution in [0.15, 0.2) is 42.5 Å². The van der Waals surface area contributed by atoms with Gasteiger partial charge in [0, 0.05) is 12.6 Å². The van der Waals surface area contributed by atoms with Crippen LogP contribution in [0.1, 0.15) is 51.0 Å². The van der Waals surface area contributed by atoms with Gasteiger partial charge < -0.3 is 15.0 Å². The van der Waals surface area contributed by atoms with Crippen molar-refractivity contribution in [2.45, 2.75) is 64.1 Å². The maximum atomic E-state index is 13.9. The molecule has 1 N–H and O–H groups in total. The second kappa shape index (κ2) is 13.5. The molecule has 1 aliphatic carbocycles. The first-order chi connectivity index (χ1) is 18.0. The lowest BCUT2D eigenvalue weighted by Gasteiger charge is -2.34. The van der Waals surface area contributed by atoms with Gasteiger partial charge in [-0.15, -0.1) is 0 Å². The van der Waals surface area contributed by atoms with Crippen molar-refractivity contribution in [3.63, 3.8) is 0 Å². The van der Waals surface area contributed by atoms with Crippen LogP contribution >= 0.6 is 23.2 Å². The molecular weight excluding hydrogens is 549 g/mol. The molecule has 2 aromatic carbocycles. The van der Waals surface area contributed by atoms with Gasteiger partial charge in [-0.1, -0.05) is 67.6 Å². The maximum absolute atomic E-state index is 13.9. The second-order valence-corrected chi connectivity index (χ2v) is 12.2. The molecule has 0 bridgehead atoms. The highest BCUT2D eigenvalue weighted by Gasteiger charge is 2.33. The predicted octanol–water partition coefficient (Wildman–Crippen LogP) is 5.02. The van der Waals surface area contributed by atoms with E-state index in [4.69, 9.17) is 27.9 Å². The van der Waals surface area contributed by atoms with E-state index in [1.54, 1.807) is 31.4 Å². The average molecular weight is 585 g/mol. The van der Waals surface area contributed by atoms with Gasteiger partial charge in [0.2, 0.25) is 21.8 Å². The Hall–Kier alpha value is -2.49. The van der Waals surface area contributed by atoms with Gasteiger partial charge >= 0.3 is 0 Å². The minimum Gasteiger partial charge on any atom is -0.497 e. The molecule has 1 fully saturated rings. The summed E-state index contributed by atoms with van der Waals surface area (Å²) in [6.45, 7) is 1.38. The lowest BCUT2D eigenvalue weighted by atomic mass is 9.95. The Kier molecular flexibility index (Phi) is 10.7. The summed E-state index contributed by atoms with van der Waals surface area (Å²) >= 11 is 12.5. The summed E-state index contributed by atoms with van der Waals surface area (Å²) in [5.41, 5.74) is 0.837. The normalized spacial score (nSPS) is 15.0. The number of rotatable bonds is 11. The van der Waals surface area contributed by atoms with Gasteiger partial charge in [0.15, 0.2) is 0 Å². The van der Waals surface area contributed by atoms with Crippen LogP contribution < -0.4 is 14.4 Å². The lowest BCUT2D eigenvalue weighted by molar-refractivity contribution is -0.140. The van der Waals surface area contributed by atoms with Gasteiger partial charge in [-0.3, -0.25) is 13.9 Å². The minimum atomic E-state index is -3.92. The molecule has 0 heterocycles. The molecule has 0 saturated heterocycles. The van der Waals surface area contributed by atoms with Crippen molar-refractivity contribution in [3.05, 3.63) is 58.1 Å². The number of anilines is 1. The van der Waals surface area contributed by atoms with Crippen molar-refractivity contribution < 1.29 is 22.7 Å². The number of amides is 2. The molecular formula is C27H35Cl2N3O5S. The van der Waals surface area contributed by atoms with Crippen molar-refractivity contribution in [1.29, 1.82) is 0 Å². The van der Waals surface area contributed by atoms with Gasteiger partial charge in [0.25, 0.3) is 0 Å². The SMILES string of the molecule is CC[C@H](C(=O)NC1CCCCC1)N(Cc1cccc(OC)c1)C(=O)CN(c1cccc(Cl)c1Cl)S(C)(=O)=O. The first-order valence-electron chi connectivity index (χ1n) is 12.7. The molecule has 0 aromatic heterocycles. The lowest BCUT2D eigenvalue weighted by Crippen LogP contribution is -2.54. The fourth-order valence-corrected chi connectivity index (χ4v) is 6.01. The van der Waals surface area contributed by atoms with E-state index >= 15 is 0 Å². The van der Waals surface area contributed by atoms with Crippen LogP contribution in [0.3, 0.4) is 0 Å². The molecule has 8 nitrogen and oxygen atoms in total. The number of benzene rings is 2. The monoisotopic (exact) mass is 583 g/mol. The Morgan fingerprint density at radius 3 is 2.42 bits per heavy atom. The number of halogens is 2. The van der Waals surface area contributed by atoms with Crippen LogP contribution in [0, 0.1) is 0 Å². The number of sulfonamides is 1. The van der Waals surface area contributed by atoms with E-state index in [9.17, 15) is 18.0 Å². The summed E-state index contributed by atoms with van der Waals surface area (Å²) in [5.74, 6) is -0.180. The number of ether oxygens (including phenoxy) is 1. The number of methoxy groups -OCH3 is 1. The molecule has 0 aliphatic heterocycles. The van der Waals surface area contributed by atoms with Crippen molar-refractivity contribution in [2.75, 3.05) is 24.2 Å². The third-order valence-electron chi connectivity index (χ3n) is 6.70. The third-order valence-corrected chi connectivity index (χ3v) is 8.64. The van der Waals surface area contributed by atoms with E-state index < -0.39 is 28.5 Å². The zero-order chi connectivity index (χ0) is 27.9. The molecule has 2 amide bonds. The van der Waals surface area contributed by atoms with Crippen molar-refractivity contribution in [3.8, 4) is 5.75 Å². The Morgan fingerprint density at radius 1 is 1.11 bits per heavy atom. The highest BCUT2D eigenvalue weighted by atomic mass is 35.5. The minimum absolute atomic E-state index is 0.0221. The van der Waals surface area contributed by atoms with E-state index in [0.29, 0.717) is 12.2 Å². The van der Waals surface area contributed by atoms with Gasteiger partial charge in [0.1, 0.15) is 18.3 Å². The van der Waals surface area contributed by atoms with Crippen LogP contribution in [0.4, 0.5) is 5.69 Å². The van der Waals surface area contributed by atoms with E-state index in [1.807, 2.05) is 13.0 Å². The molecule has 0 radical (unpaired) electrons. The predicted molar refractivity (Wildman–Crippen MR) is 151 cm³/mol. The smallest absolute Gasteiger partial charge is 0.244 e.